The summed E-state index contributed by atoms with van der Waals surface area (Å²) in [5, 5.41) is 2.68. The van der Waals surface area contributed by atoms with Gasteiger partial charge in [-0.1, -0.05) is 18.2 Å². The summed E-state index contributed by atoms with van der Waals surface area (Å²) in [6.07, 6.45) is -2.94. The Morgan fingerprint density at radius 3 is 2.36 bits per heavy atom. The molecule has 0 atom stereocenters. The molecule has 0 saturated carbocycles. The lowest BCUT2D eigenvalue weighted by Crippen LogP contribution is -2.18. The molecule has 1 aliphatic heterocycles. The van der Waals surface area contributed by atoms with Gasteiger partial charge in [-0.3, -0.25) is 4.79 Å². The normalized spacial score (nSPS) is 14.8. The maximum absolute atomic E-state index is 12.9. The van der Waals surface area contributed by atoms with E-state index in [0.29, 0.717) is 16.8 Å². The summed E-state index contributed by atoms with van der Waals surface area (Å²) in [5.74, 6) is -0.123. The molecule has 1 amide bonds. The van der Waals surface area contributed by atoms with Crippen LogP contribution in [-0.2, 0) is 21.0 Å². The molecule has 0 aliphatic carbocycles. The number of ether oxygens (including phenoxy) is 1. The summed E-state index contributed by atoms with van der Waals surface area (Å²) in [7, 11) is -2.42. The van der Waals surface area contributed by atoms with Crippen LogP contribution in [0.15, 0.2) is 71.6 Å². The van der Waals surface area contributed by atoms with Crippen molar-refractivity contribution in [2.45, 2.75) is 11.1 Å². The van der Waals surface area contributed by atoms with Gasteiger partial charge in [-0.2, -0.15) is 13.2 Å². The Bertz CT molecular complexity index is 1380. The second kappa shape index (κ2) is 8.38. The zero-order valence-corrected chi connectivity index (χ0v) is 17.9. The highest BCUT2D eigenvalue weighted by atomic mass is 32.2. The first-order valence-corrected chi connectivity index (χ1v) is 11.1. The van der Waals surface area contributed by atoms with E-state index in [9.17, 15) is 26.4 Å². The molecule has 10 heteroatoms. The van der Waals surface area contributed by atoms with E-state index in [1.54, 1.807) is 30.3 Å². The number of nitrogens with one attached hydrogen (secondary N) is 2. The summed E-state index contributed by atoms with van der Waals surface area (Å²) in [5.41, 5.74) is 0.844. The first kappa shape index (κ1) is 22.6. The number of halogens is 3. The van der Waals surface area contributed by atoms with E-state index < -0.39 is 27.7 Å². The second-order valence-corrected chi connectivity index (χ2v) is 9.01. The smallest absolute Gasteiger partial charge is 0.416 e. The van der Waals surface area contributed by atoms with Gasteiger partial charge in [-0.05, 0) is 67.2 Å². The van der Waals surface area contributed by atoms with E-state index in [4.69, 9.17) is 4.74 Å². The van der Waals surface area contributed by atoms with Crippen molar-refractivity contribution < 1.29 is 31.1 Å². The van der Waals surface area contributed by atoms with E-state index in [-0.39, 0.29) is 22.0 Å². The highest BCUT2D eigenvalue weighted by molar-refractivity contribution is 7.89. The van der Waals surface area contributed by atoms with Crippen LogP contribution in [0.5, 0.6) is 11.5 Å². The first-order valence-electron chi connectivity index (χ1n) is 9.63. The fraction of sp³-hybridized carbons (Fsp3) is 0.0870. The molecular weight excluding hydrogens is 457 g/mol. The number of rotatable bonds is 5. The largest absolute Gasteiger partial charge is 0.457 e. The van der Waals surface area contributed by atoms with Crippen molar-refractivity contribution in [1.29, 1.82) is 0 Å². The van der Waals surface area contributed by atoms with Gasteiger partial charge in [0.15, 0.2) is 0 Å². The topological polar surface area (TPSA) is 84.5 Å². The number of benzene rings is 3. The van der Waals surface area contributed by atoms with Gasteiger partial charge in [0.05, 0.1) is 10.5 Å². The Hall–Kier alpha value is -3.63. The number of fused-ring (bicyclic) bond motifs is 1. The standard InChI is InChI=1S/C23H17F3N2O4S/c1-27-33(30,31)18-8-9-21-19(13-18)20(22(29)28-21)11-14-4-2-6-16(10-14)32-17-7-3-5-15(12-17)23(24,25)26/h2-13,27H,1H3,(H,28,29). The van der Waals surface area contributed by atoms with Gasteiger partial charge in [0.25, 0.3) is 5.91 Å². The van der Waals surface area contributed by atoms with E-state index >= 15 is 0 Å². The van der Waals surface area contributed by atoms with Crippen molar-refractivity contribution in [1.82, 2.24) is 4.72 Å². The molecule has 1 aliphatic rings. The average Bonchev–Trinajstić information content (AvgIpc) is 3.08. The predicted molar refractivity (Wildman–Crippen MR) is 117 cm³/mol. The molecule has 170 valence electrons. The quantitative estimate of drug-likeness (QED) is 0.516. The lowest BCUT2D eigenvalue weighted by molar-refractivity contribution is -0.137. The number of hydrogen-bond acceptors (Lipinski definition) is 4. The number of carbonyl (C=O) groups is 1. The van der Waals surface area contributed by atoms with Gasteiger partial charge in [0, 0.05) is 16.8 Å². The molecule has 33 heavy (non-hydrogen) atoms. The molecule has 0 unspecified atom stereocenters. The molecule has 2 N–H and O–H groups in total. The zero-order valence-electron chi connectivity index (χ0n) is 17.1. The molecule has 4 rings (SSSR count). The van der Waals surface area contributed by atoms with Crippen LogP contribution in [-0.4, -0.2) is 21.4 Å². The van der Waals surface area contributed by atoms with E-state index in [1.165, 1.54) is 37.4 Å². The van der Waals surface area contributed by atoms with Gasteiger partial charge < -0.3 is 10.1 Å². The first-order chi connectivity index (χ1) is 15.6. The molecule has 0 aromatic heterocycles. The van der Waals surface area contributed by atoms with Gasteiger partial charge in [-0.25, -0.2) is 13.1 Å². The highest BCUT2D eigenvalue weighted by Gasteiger charge is 2.30. The van der Waals surface area contributed by atoms with Crippen LogP contribution in [0.4, 0.5) is 18.9 Å². The number of amides is 1. The predicted octanol–water partition coefficient (Wildman–Crippen LogP) is 4.90. The van der Waals surface area contributed by atoms with Crippen LogP contribution in [0.2, 0.25) is 0 Å². The third kappa shape index (κ3) is 4.76. The fourth-order valence-electron chi connectivity index (χ4n) is 3.30. The second-order valence-electron chi connectivity index (χ2n) is 7.13. The van der Waals surface area contributed by atoms with E-state index in [1.807, 2.05) is 0 Å². The Balaban J connectivity index is 1.66. The lowest BCUT2D eigenvalue weighted by Gasteiger charge is -2.10. The molecular formula is C23H17F3N2O4S. The summed E-state index contributed by atoms with van der Waals surface area (Å²) in [6, 6.07) is 15.2. The minimum Gasteiger partial charge on any atom is -0.457 e. The summed E-state index contributed by atoms with van der Waals surface area (Å²) in [6.45, 7) is 0. The summed E-state index contributed by atoms with van der Waals surface area (Å²) in [4.78, 5) is 12.5. The van der Waals surface area contributed by atoms with Crippen molar-refractivity contribution >= 4 is 33.3 Å². The maximum Gasteiger partial charge on any atom is 0.416 e. The number of anilines is 1. The molecule has 6 nitrogen and oxygen atoms in total. The Labute approximate surface area is 187 Å². The van der Waals surface area contributed by atoms with Crippen molar-refractivity contribution in [2.75, 3.05) is 12.4 Å². The van der Waals surface area contributed by atoms with E-state index in [2.05, 4.69) is 10.0 Å². The van der Waals surface area contributed by atoms with Gasteiger partial charge in [0.2, 0.25) is 10.0 Å². The molecule has 3 aromatic carbocycles. The van der Waals surface area contributed by atoms with Gasteiger partial charge >= 0.3 is 6.18 Å². The Morgan fingerprint density at radius 2 is 1.67 bits per heavy atom. The third-order valence-corrected chi connectivity index (χ3v) is 6.33. The third-order valence-electron chi connectivity index (χ3n) is 4.92. The van der Waals surface area contributed by atoms with Crippen LogP contribution in [0, 0.1) is 0 Å². The van der Waals surface area contributed by atoms with Crippen molar-refractivity contribution in [3.05, 3.63) is 83.4 Å². The number of sulfonamides is 1. The monoisotopic (exact) mass is 474 g/mol. The summed E-state index contributed by atoms with van der Waals surface area (Å²) >= 11 is 0. The molecule has 0 bridgehead atoms. The molecule has 1 heterocycles. The lowest BCUT2D eigenvalue weighted by atomic mass is 10.0. The van der Waals surface area contributed by atoms with Gasteiger partial charge in [0.1, 0.15) is 11.5 Å². The molecule has 0 spiro atoms. The van der Waals surface area contributed by atoms with Crippen LogP contribution in [0.1, 0.15) is 16.7 Å². The van der Waals surface area contributed by atoms with Crippen LogP contribution < -0.4 is 14.8 Å². The summed E-state index contributed by atoms with van der Waals surface area (Å²) < 4.78 is 70.9. The zero-order chi connectivity index (χ0) is 23.8. The average molecular weight is 474 g/mol. The molecule has 0 fully saturated rings. The SMILES string of the molecule is CNS(=O)(=O)c1ccc2c(c1)C(=Cc1cccc(Oc3cccc(C(F)(F)F)c3)c1)C(=O)N2. The molecule has 0 radical (unpaired) electrons. The minimum absolute atomic E-state index is 0.00720. The van der Waals surface area contributed by atoms with Gasteiger partial charge in [-0.15, -0.1) is 0 Å². The maximum atomic E-state index is 12.9. The van der Waals surface area contributed by atoms with Crippen molar-refractivity contribution in [3.63, 3.8) is 0 Å². The van der Waals surface area contributed by atoms with Crippen molar-refractivity contribution in [2.24, 2.45) is 0 Å². The molecule has 0 saturated heterocycles. The number of hydrogen-bond donors (Lipinski definition) is 2. The number of alkyl halides is 3. The molecule has 3 aromatic rings. The highest BCUT2D eigenvalue weighted by Crippen LogP contribution is 2.36. The van der Waals surface area contributed by atoms with Crippen molar-refractivity contribution in [3.8, 4) is 11.5 Å². The fourth-order valence-corrected chi connectivity index (χ4v) is 4.06. The van der Waals surface area contributed by atoms with Crippen LogP contribution in [0.25, 0.3) is 11.6 Å². The Morgan fingerprint density at radius 1 is 0.970 bits per heavy atom. The number of carbonyl (C=O) groups excluding carboxylic acids is 1. The van der Waals surface area contributed by atoms with E-state index in [0.717, 1.165) is 12.1 Å². The Kier molecular flexibility index (Phi) is 5.73. The van der Waals surface area contributed by atoms with Crippen LogP contribution >= 0.6 is 0 Å². The van der Waals surface area contributed by atoms with Crippen LogP contribution in [0.3, 0.4) is 0 Å². The minimum atomic E-state index is -4.49.